The first-order chi connectivity index (χ1) is 17.0. The number of carbonyl (C=O) groups is 2. The molecule has 0 spiro atoms. The Morgan fingerprint density at radius 1 is 1.22 bits per heavy atom. The average molecular weight is 515 g/mol. The van der Waals surface area contributed by atoms with Gasteiger partial charge in [-0.25, -0.2) is 13.8 Å². The van der Waals surface area contributed by atoms with Crippen LogP contribution in [0.3, 0.4) is 0 Å². The molecule has 0 saturated carbocycles. The molecular weight excluding hydrogens is 494 g/mol. The Morgan fingerprint density at radius 2 is 1.89 bits per heavy atom. The molecule has 186 valence electrons. The number of thiophene rings is 1. The zero-order valence-electron chi connectivity index (χ0n) is 19.3. The van der Waals surface area contributed by atoms with Crippen LogP contribution in [0.25, 0.3) is 21.3 Å². The van der Waals surface area contributed by atoms with E-state index in [1.807, 2.05) is 0 Å². The summed E-state index contributed by atoms with van der Waals surface area (Å²) in [5, 5.41) is 18.4. The predicted molar refractivity (Wildman–Crippen MR) is 130 cm³/mol. The minimum absolute atomic E-state index is 0.0301. The SMILES string of the molecule is Cc1nn(C(C)C(=O)Nc2c(C(N)=O)sc3nc(C(F)F)cc(-c4ccccc4)c23)c(C)c1[N+](=O)[O-]. The van der Waals surface area contributed by atoms with Crippen molar-refractivity contribution in [3.63, 3.8) is 0 Å². The van der Waals surface area contributed by atoms with Crippen molar-refractivity contribution in [2.45, 2.75) is 33.2 Å². The zero-order valence-corrected chi connectivity index (χ0v) is 20.1. The van der Waals surface area contributed by atoms with Gasteiger partial charge in [0.15, 0.2) is 0 Å². The van der Waals surface area contributed by atoms with Crippen molar-refractivity contribution in [1.82, 2.24) is 14.8 Å². The number of alkyl halides is 2. The number of nitrogens with one attached hydrogen (secondary N) is 1. The van der Waals surface area contributed by atoms with Crippen LogP contribution < -0.4 is 11.1 Å². The van der Waals surface area contributed by atoms with E-state index in [-0.39, 0.29) is 37.9 Å². The molecule has 13 heteroatoms. The molecule has 0 saturated heterocycles. The summed E-state index contributed by atoms with van der Waals surface area (Å²) in [5.41, 5.74) is 6.13. The number of fused-ring (bicyclic) bond motifs is 1. The van der Waals surface area contributed by atoms with Crippen LogP contribution in [0.5, 0.6) is 0 Å². The molecule has 0 aliphatic rings. The number of nitrogens with zero attached hydrogens (tertiary/aromatic N) is 4. The lowest BCUT2D eigenvalue weighted by atomic mass is 10.0. The van der Waals surface area contributed by atoms with E-state index in [4.69, 9.17) is 5.73 Å². The highest BCUT2D eigenvalue weighted by atomic mass is 32.1. The van der Waals surface area contributed by atoms with E-state index in [0.29, 0.717) is 11.1 Å². The number of nitrogens with two attached hydrogens (primary N) is 1. The van der Waals surface area contributed by atoms with Crippen molar-refractivity contribution < 1.29 is 23.3 Å². The van der Waals surface area contributed by atoms with Crippen molar-refractivity contribution in [3.05, 3.63) is 68.5 Å². The minimum atomic E-state index is -2.86. The molecular formula is C23H20F2N6O4S. The van der Waals surface area contributed by atoms with Gasteiger partial charge in [0.05, 0.1) is 10.6 Å². The topological polar surface area (TPSA) is 146 Å². The van der Waals surface area contributed by atoms with Gasteiger partial charge in [-0.15, -0.1) is 11.3 Å². The van der Waals surface area contributed by atoms with Gasteiger partial charge in [0.1, 0.15) is 32.8 Å². The first-order valence-electron chi connectivity index (χ1n) is 10.6. The number of aromatic nitrogens is 3. The van der Waals surface area contributed by atoms with Crippen LogP contribution in [0.4, 0.5) is 20.2 Å². The predicted octanol–water partition coefficient (Wildman–Crippen LogP) is 4.92. The van der Waals surface area contributed by atoms with E-state index in [1.165, 1.54) is 31.5 Å². The van der Waals surface area contributed by atoms with Gasteiger partial charge in [-0.2, -0.15) is 5.10 Å². The number of hydrogen-bond acceptors (Lipinski definition) is 7. The third-order valence-electron chi connectivity index (χ3n) is 5.68. The zero-order chi connectivity index (χ0) is 26.3. The lowest BCUT2D eigenvalue weighted by molar-refractivity contribution is -0.386. The number of benzene rings is 1. The van der Waals surface area contributed by atoms with E-state index in [0.717, 1.165) is 11.3 Å². The number of hydrogen-bond donors (Lipinski definition) is 2. The molecule has 1 atom stereocenters. The normalized spacial score (nSPS) is 12.2. The van der Waals surface area contributed by atoms with Gasteiger partial charge >= 0.3 is 5.69 Å². The fourth-order valence-corrected chi connectivity index (χ4v) is 5.02. The Morgan fingerprint density at radius 3 is 2.44 bits per heavy atom. The van der Waals surface area contributed by atoms with E-state index >= 15 is 0 Å². The highest BCUT2D eigenvalue weighted by Gasteiger charge is 2.30. The van der Waals surface area contributed by atoms with E-state index < -0.39 is 34.9 Å². The molecule has 1 unspecified atom stereocenters. The molecule has 3 heterocycles. The molecule has 1 aromatic carbocycles. The number of primary amides is 1. The number of amides is 2. The number of carbonyl (C=O) groups excluding carboxylic acids is 2. The van der Waals surface area contributed by atoms with Gasteiger partial charge in [-0.3, -0.25) is 24.4 Å². The number of halogens is 2. The summed E-state index contributed by atoms with van der Waals surface area (Å²) in [4.78, 5) is 40.4. The molecule has 0 radical (unpaired) electrons. The molecule has 0 fully saturated rings. The van der Waals surface area contributed by atoms with E-state index in [1.54, 1.807) is 30.3 Å². The van der Waals surface area contributed by atoms with Crippen LogP contribution in [0, 0.1) is 24.0 Å². The van der Waals surface area contributed by atoms with Crippen LogP contribution in [-0.4, -0.2) is 31.5 Å². The Bertz CT molecular complexity index is 1520. The Labute approximate surface area is 206 Å². The largest absolute Gasteiger partial charge is 0.365 e. The Hall–Kier alpha value is -4.26. The van der Waals surface area contributed by atoms with Gasteiger partial charge < -0.3 is 11.1 Å². The fraction of sp³-hybridized carbons (Fsp3) is 0.217. The molecule has 2 amide bonds. The summed E-state index contributed by atoms with van der Waals surface area (Å²) in [6.07, 6.45) is -2.86. The Balaban J connectivity index is 1.87. The van der Waals surface area contributed by atoms with Gasteiger partial charge in [0.25, 0.3) is 12.3 Å². The maximum atomic E-state index is 13.6. The lowest BCUT2D eigenvalue weighted by Gasteiger charge is -2.15. The van der Waals surface area contributed by atoms with Gasteiger partial charge in [0, 0.05) is 5.39 Å². The summed E-state index contributed by atoms with van der Waals surface area (Å²) in [5.74, 6) is -1.52. The van der Waals surface area contributed by atoms with Crippen molar-refractivity contribution in [2.75, 3.05) is 5.32 Å². The molecule has 0 aliphatic heterocycles. The quantitative estimate of drug-likeness (QED) is 0.264. The average Bonchev–Trinajstić information content (AvgIpc) is 3.35. The smallest absolute Gasteiger partial charge is 0.312 e. The van der Waals surface area contributed by atoms with Gasteiger partial charge in [-0.05, 0) is 38.0 Å². The third kappa shape index (κ3) is 4.28. The highest BCUT2D eigenvalue weighted by molar-refractivity contribution is 7.21. The van der Waals surface area contributed by atoms with Crippen LogP contribution in [-0.2, 0) is 4.79 Å². The second kappa shape index (κ2) is 9.41. The summed E-state index contributed by atoms with van der Waals surface area (Å²) < 4.78 is 28.4. The first kappa shape index (κ1) is 24.9. The lowest BCUT2D eigenvalue weighted by Crippen LogP contribution is -2.26. The molecule has 0 bridgehead atoms. The number of rotatable bonds is 7. The minimum Gasteiger partial charge on any atom is -0.365 e. The molecule has 10 nitrogen and oxygen atoms in total. The number of anilines is 1. The molecule has 36 heavy (non-hydrogen) atoms. The molecule has 3 aromatic heterocycles. The summed E-state index contributed by atoms with van der Waals surface area (Å²) >= 11 is 0.790. The van der Waals surface area contributed by atoms with Crippen molar-refractivity contribution in [1.29, 1.82) is 0 Å². The molecule has 3 N–H and O–H groups in total. The van der Waals surface area contributed by atoms with Gasteiger partial charge in [0.2, 0.25) is 5.91 Å². The maximum Gasteiger partial charge on any atom is 0.312 e. The van der Waals surface area contributed by atoms with E-state index in [2.05, 4.69) is 15.4 Å². The van der Waals surface area contributed by atoms with Crippen molar-refractivity contribution >= 4 is 44.7 Å². The summed E-state index contributed by atoms with van der Waals surface area (Å²) in [6.45, 7) is 4.42. The molecule has 4 aromatic rings. The van der Waals surface area contributed by atoms with Crippen LogP contribution in [0.15, 0.2) is 36.4 Å². The number of aryl methyl sites for hydroxylation is 1. The number of nitro groups is 1. The highest BCUT2D eigenvalue weighted by Crippen LogP contribution is 2.42. The van der Waals surface area contributed by atoms with Crippen LogP contribution in [0.2, 0.25) is 0 Å². The Kier molecular flexibility index (Phi) is 6.50. The molecule has 0 aliphatic carbocycles. The summed E-state index contributed by atoms with van der Waals surface area (Å²) in [7, 11) is 0. The number of pyridine rings is 1. The van der Waals surface area contributed by atoms with Crippen LogP contribution in [0.1, 0.15) is 46.1 Å². The third-order valence-corrected chi connectivity index (χ3v) is 6.78. The molecule has 4 rings (SSSR count). The van der Waals surface area contributed by atoms with Crippen LogP contribution >= 0.6 is 11.3 Å². The standard InChI is InChI=1S/C23H20F2N6O4S/c1-10-18(31(34)35)11(2)30(29-10)12(3)22(33)28-17-16-14(13-7-5-4-6-8-13)9-15(20(24)25)27-23(16)36-19(17)21(26)32/h4-9,12,20H,1-3H3,(H2,26,32)(H,28,33). The fourth-order valence-electron chi connectivity index (χ4n) is 4.00. The van der Waals surface area contributed by atoms with Gasteiger partial charge in [-0.1, -0.05) is 30.3 Å². The van der Waals surface area contributed by atoms with E-state index in [9.17, 15) is 28.5 Å². The van der Waals surface area contributed by atoms with Crippen molar-refractivity contribution in [3.8, 4) is 11.1 Å². The second-order valence-electron chi connectivity index (χ2n) is 8.00. The van der Waals surface area contributed by atoms with Crippen molar-refractivity contribution in [2.24, 2.45) is 5.73 Å². The summed E-state index contributed by atoms with van der Waals surface area (Å²) in [6, 6.07) is 8.81. The first-order valence-corrected chi connectivity index (χ1v) is 11.4. The maximum absolute atomic E-state index is 13.6. The second-order valence-corrected chi connectivity index (χ2v) is 9.00. The monoisotopic (exact) mass is 514 g/mol.